The third-order valence-corrected chi connectivity index (χ3v) is 3.50. The van der Waals surface area contributed by atoms with Crippen LogP contribution in [0.3, 0.4) is 0 Å². The molecular formula is C15H16N6. The Labute approximate surface area is 123 Å². The van der Waals surface area contributed by atoms with Gasteiger partial charge in [-0.1, -0.05) is 0 Å². The second kappa shape index (κ2) is 6.18. The van der Waals surface area contributed by atoms with Gasteiger partial charge in [0, 0.05) is 37.7 Å². The highest BCUT2D eigenvalue weighted by atomic mass is 15.3. The van der Waals surface area contributed by atoms with Crippen LogP contribution in [0.25, 0.3) is 0 Å². The van der Waals surface area contributed by atoms with Crippen LogP contribution in [0.15, 0.2) is 36.8 Å². The van der Waals surface area contributed by atoms with E-state index >= 15 is 0 Å². The molecule has 0 unspecified atom stereocenters. The van der Waals surface area contributed by atoms with Gasteiger partial charge in [-0.05, 0) is 31.0 Å². The zero-order valence-corrected chi connectivity index (χ0v) is 11.6. The summed E-state index contributed by atoms with van der Waals surface area (Å²) >= 11 is 0. The average molecular weight is 280 g/mol. The summed E-state index contributed by atoms with van der Waals surface area (Å²) < 4.78 is 0. The molecule has 106 valence electrons. The Bertz CT molecular complexity index is 619. The number of nitrogens with zero attached hydrogens (tertiary/aromatic N) is 5. The van der Waals surface area contributed by atoms with Crippen LogP contribution in [-0.2, 0) is 0 Å². The number of hydrogen-bond donors (Lipinski definition) is 1. The van der Waals surface area contributed by atoms with Crippen molar-refractivity contribution < 1.29 is 0 Å². The molecule has 0 bridgehead atoms. The first kappa shape index (κ1) is 13.3. The lowest BCUT2D eigenvalue weighted by molar-refractivity contribution is 0.521. The van der Waals surface area contributed by atoms with Crippen LogP contribution >= 0.6 is 0 Å². The topological polar surface area (TPSA) is 77.7 Å². The molecule has 1 saturated heterocycles. The summed E-state index contributed by atoms with van der Waals surface area (Å²) in [7, 11) is 0. The molecule has 21 heavy (non-hydrogen) atoms. The predicted octanol–water partition coefficient (Wildman–Crippen LogP) is 1.82. The second-order valence-electron chi connectivity index (χ2n) is 5.02. The third-order valence-electron chi connectivity index (χ3n) is 3.50. The Kier molecular flexibility index (Phi) is 3.92. The van der Waals surface area contributed by atoms with E-state index in [1.807, 2.05) is 12.1 Å². The molecule has 6 nitrogen and oxygen atoms in total. The second-order valence-corrected chi connectivity index (χ2v) is 5.02. The Morgan fingerprint density at radius 1 is 1.24 bits per heavy atom. The molecular weight excluding hydrogens is 264 g/mol. The first-order valence-electron chi connectivity index (χ1n) is 7.00. The quantitative estimate of drug-likeness (QED) is 0.924. The van der Waals surface area contributed by atoms with E-state index < -0.39 is 0 Å². The first-order valence-corrected chi connectivity index (χ1v) is 7.00. The van der Waals surface area contributed by atoms with Gasteiger partial charge in [0.1, 0.15) is 11.9 Å². The molecule has 1 aliphatic heterocycles. The van der Waals surface area contributed by atoms with Gasteiger partial charge >= 0.3 is 0 Å². The summed E-state index contributed by atoms with van der Waals surface area (Å²) in [6.45, 7) is 1.83. The fourth-order valence-electron chi connectivity index (χ4n) is 2.49. The van der Waals surface area contributed by atoms with Crippen molar-refractivity contribution in [2.45, 2.75) is 18.9 Å². The number of nitrogens with one attached hydrogen (secondary N) is 1. The average Bonchev–Trinajstić information content (AvgIpc) is 2.57. The molecule has 6 heteroatoms. The lowest BCUT2D eigenvalue weighted by atomic mass is 10.1. The summed E-state index contributed by atoms with van der Waals surface area (Å²) in [6, 6.07) is 7.82. The Morgan fingerprint density at radius 3 is 2.81 bits per heavy atom. The number of aromatic nitrogens is 3. The van der Waals surface area contributed by atoms with Gasteiger partial charge in [-0.15, -0.1) is 0 Å². The molecule has 0 radical (unpaired) electrons. The van der Waals surface area contributed by atoms with E-state index in [1.54, 1.807) is 24.7 Å². The smallest absolute Gasteiger partial charge is 0.225 e. The molecule has 0 aromatic carbocycles. The van der Waals surface area contributed by atoms with Gasteiger partial charge in [0.2, 0.25) is 5.95 Å². The standard InChI is InChI=1S/C15H16N6/c16-9-12-4-5-14(19-10-12)20-13-3-1-8-21(11-13)15-17-6-2-7-18-15/h2,4-7,10,13H,1,3,8,11H2,(H,19,20)/t13-/m0/s1. The van der Waals surface area contributed by atoms with Crippen LogP contribution in [0.4, 0.5) is 11.8 Å². The van der Waals surface area contributed by atoms with Gasteiger partial charge in [0.15, 0.2) is 0 Å². The molecule has 0 saturated carbocycles. The number of nitriles is 1. The molecule has 0 aliphatic carbocycles. The first-order chi connectivity index (χ1) is 10.3. The van der Waals surface area contributed by atoms with E-state index in [0.717, 1.165) is 37.7 Å². The minimum absolute atomic E-state index is 0.308. The Balaban J connectivity index is 1.64. The molecule has 1 fully saturated rings. The Hall–Kier alpha value is -2.68. The summed E-state index contributed by atoms with van der Waals surface area (Å²) in [6.07, 6.45) is 7.30. The van der Waals surface area contributed by atoms with Crippen molar-refractivity contribution >= 4 is 11.8 Å². The van der Waals surface area contributed by atoms with Crippen molar-refractivity contribution in [3.63, 3.8) is 0 Å². The van der Waals surface area contributed by atoms with Gasteiger partial charge in [0.25, 0.3) is 0 Å². The fraction of sp³-hybridized carbons (Fsp3) is 0.333. The minimum Gasteiger partial charge on any atom is -0.366 e. The minimum atomic E-state index is 0.308. The van der Waals surface area contributed by atoms with Gasteiger partial charge in [-0.3, -0.25) is 0 Å². The van der Waals surface area contributed by atoms with Gasteiger partial charge in [-0.25, -0.2) is 15.0 Å². The highest BCUT2D eigenvalue weighted by molar-refractivity contribution is 5.41. The van der Waals surface area contributed by atoms with E-state index in [9.17, 15) is 0 Å². The maximum atomic E-state index is 8.78. The Morgan fingerprint density at radius 2 is 2.10 bits per heavy atom. The number of hydrogen-bond acceptors (Lipinski definition) is 6. The maximum absolute atomic E-state index is 8.78. The van der Waals surface area contributed by atoms with E-state index in [0.29, 0.717) is 11.6 Å². The van der Waals surface area contributed by atoms with Crippen molar-refractivity contribution in [1.82, 2.24) is 15.0 Å². The highest BCUT2D eigenvalue weighted by Crippen LogP contribution is 2.18. The molecule has 3 heterocycles. The molecule has 0 amide bonds. The molecule has 2 aromatic rings. The number of pyridine rings is 1. The normalized spacial score (nSPS) is 18.0. The van der Waals surface area contributed by atoms with E-state index in [2.05, 4.69) is 31.2 Å². The van der Waals surface area contributed by atoms with Crippen LogP contribution in [-0.4, -0.2) is 34.1 Å². The largest absolute Gasteiger partial charge is 0.366 e. The summed E-state index contributed by atoms with van der Waals surface area (Å²) in [5.74, 6) is 1.58. The van der Waals surface area contributed by atoms with Crippen LogP contribution in [0.2, 0.25) is 0 Å². The molecule has 1 atom stereocenters. The molecule has 0 spiro atoms. The zero-order valence-electron chi connectivity index (χ0n) is 11.6. The summed E-state index contributed by atoms with van der Waals surface area (Å²) in [4.78, 5) is 15.0. The van der Waals surface area contributed by atoms with E-state index in [-0.39, 0.29) is 0 Å². The predicted molar refractivity (Wildman–Crippen MR) is 79.8 cm³/mol. The van der Waals surface area contributed by atoms with Crippen LogP contribution in [0.5, 0.6) is 0 Å². The molecule has 1 aliphatic rings. The van der Waals surface area contributed by atoms with Gasteiger partial charge in [0.05, 0.1) is 5.56 Å². The SMILES string of the molecule is N#Cc1ccc(N[C@H]2CCCN(c3ncccn3)C2)nc1. The lowest BCUT2D eigenvalue weighted by Gasteiger charge is -2.33. The maximum Gasteiger partial charge on any atom is 0.225 e. The van der Waals surface area contributed by atoms with Crippen molar-refractivity contribution in [1.29, 1.82) is 5.26 Å². The zero-order chi connectivity index (χ0) is 14.5. The van der Waals surface area contributed by atoms with E-state index in [1.165, 1.54) is 0 Å². The third kappa shape index (κ3) is 3.26. The lowest BCUT2D eigenvalue weighted by Crippen LogP contribution is -2.43. The van der Waals surface area contributed by atoms with Crippen LogP contribution < -0.4 is 10.2 Å². The number of rotatable bonds is 3. The molecule has 3 rings (SSSR count). The fourth-order valence-corrected chi connectivity index (χ4v) is 2.49. The molecule has 1 N–H and O–H groups in total. The van der Waals surface area contributed by atoms with E-state index in [4.69, 9.17) is 5.26 Å². The monoisotopic (exact) mass is 280 g/mol. The summed E-state index contributed by atoms with van der Waals surface area (Å²) in [5, 5.41) is 12.2. The van der Waals surface area contributed by atoms with Crippen LogP contribution in [0.1, 0.15) is 18.4 Å². The number of anilines is 2. The highest BCUT2D eigenvalue weighted by Gasteiger charge is 2.21. The van der Waals surface area contributed by atoms with Gasteiger partial charge < -0.3 is 10.2 Å². The van der Waals surface area contributed by atoms with Crippen molar-refractivity contribution in [2.75, 3.05) is 23.3 Å². The van der Waals surface area contributed by atoms with Crippen molar-refractivity contribution in [3.8, 4) is 6.07 Å². The van der Waals surface area contributed by atoms with Crippen molar-refractivity contribution in [2.24, 2.45) is 0 Å². The number of piperidine rings is 1. The molecule has 2 aromatic heterocycles. The van der Waals surface area contributed by atoms with Crippen molar-refractivity contribution in [3.05, 3.63) is 42.4 Å². The summed E-state index contributed by atoms with van der Waals surface area (Å²) in [5.41, 5.74) is 0.573. The van der Waals surface area contributed by atoms with Gasteiger partial charge in [-0.2, -0.15) is 5.26 Å². The van der Waals surface area contributed by atoms with Crippen LogP contribution in [0, 0.1) is 11.3 Å².